The standard InChI is InChI=1S/C15H11BrN2OS/c1-10-6-7-12(20-10)8-11(9-17)15(19)18-14-5-3-2-4-13(14)16/h2-8H,1H3,(H,18,19)/b11-8+. The monoisotopic (exact) mass is 346 g/mol. The van der Waals surface area contributed by atoms with Crippen molar-refractivity contribution < 1.29 is 4.79 Å². The van der Waals surface area contributed by atoms with E-state index in [0.717, 1.165) is 14.2 Å². The maximum absolute atomic E-state index is 12.1. The first kappa shape index (κ1) is 14.5. The molecule has 0 aliphatic rings. The first-order valence-electron chi connectivity index (χ1n) is 5.84. The van der Waals surface area contributed by atoms with Crippen LogP contribution in [0.15, 0.2) is 46.4 Å². The molecule has 5 heteroatoms. The maximum atomic E-state index is 12.1. The Labute approximate surface area is 129 Å². The summed E-state index contributed by atoms with van der Waals surface area (Å²) in [4.78, 5) is 14.1. The van der Waals surface area contributed by atoms with Crippen molar-refractivity contribution in [1.29, 1.82) is 5.26 Å². The number of carbonyl (C=O) groups is 1. The molecule has 0 fully saturated rings. The zero-order valence-corrected chi connectivity index (χ0v) is 13.1. The van der Waals surface area contributed by atoms with Crippen molar-refractivity contribution in [3.05, 3.63) is 56.2 Å². The molecule has 0 aliphatic heterocycles. The predicted octanol–water partition coefficient (Wildman–Crippen LogP) is 4.36. The fourth-order valence-corrected chi connectivity index (χ4v) is 2.78. The third-order valence-corrected chi connectivity index (χ3v) is 4.17. The van der Waals surface area contributed by atoms with E-state index >= 15 is 0 Å². The highest BCUT2D eigenvalue weighted by Crippen LogP contribution is 2.23. The molecule has 20 heavy (non-hydrogen) atoms. The van der Waals surface area contributed by atoms with Crippen molar-refractivity contribution in [1.82, 2.24) is 0 Å². The average Bonchev–Trinajstić information content (AvgIpc) is 2.84. The number of nitrogens with zero attached hydrogens (tertiary/aromatic N) is 1. The Hall–Kier alpha value is -1.90. The second kappa shape index (κ2) is 6.51. The van der Waals surface area contributed by atoms with Crippen LogP contribution >= 0.6 is 27.3 Å². The van der Waals surface area contributed by atoms with Crippen molar-refractivity contribution >= 4 is 44.9 Å². The Morgan fingerprint density at radius 2 is 2.10 bits per heavy atom. The number of anilines is 1. The van der Waals surface area contributed by atoms with Gasteiger partial charge in [-0.25, -0.2) is 0 Å². The third-order valence-electron chi connectivity index (χ3n) is 2.53. The molecular formula is C15H11BrN2OS. The van der Waals surface area contributed by atoms with E-state index in [1.807, 2.05) is 43.3 Å². The van der Waals surface area contributed by atoms with Crippen LogP contribution in [0.5, 0.6) is 0 Å². The minimum Gasteiger partial charge on any atom is -0.320 e. The molecule has 1 aromatic carbocycles. The zero-order valence-electron chi connectivity index (χ0n) is 10.7. The van der Waals surface area contributed by atoms with Crippen molar-refractivity contribution in [3.63, 3.8) is 0 Å². The number of benzene rings is 1. The Morgan fingerprint density at radius 3 is 2.70 bits per heavy atom. The minimum atomic E-state index is -0.412. The Morgan fingerprint density at radius 1 is 1.35 bits per heavy atom. The summed E-state index contributed by atoms with van der Waals surface area (Å²) in [5, 5.41) is 11.8. The number of aryl methyl sites for hydroxylation is 1. The van der Waals surface area contributed by atoms with E-state index in [9.17, 15) is 4.79 Å². The summed E-state index contributed by atoms with van der Waals surface area (Å²) in [6.45, 7) is 1.98. The highest BCUT2D eigenvalue weighted by molar-refractivity contribution is 9.10. The molecule has 2 rings (SSSR count). The molecule has 2 aromatic rings. The Kier molecular flexibility index (Phi) is 4.72. The van der Waals surface area contributed by atoms with Crippen LogP contribution in [0.4, 0.5) is 5.69 Å². The number of nitriles is 1. The number of amides is 1. The number of rotatable bonds is 3. The molecule has 0 radical (unpaired) electrons. The largest absolute Gasteiger partial charge is 0.320 e. The van der Waals surface area contributed by atoms with Crippen molar-refractivity contribution in [3.8, 4) is 6.07 Å². The molecule has 100 valence electrons. The average molecular weight is 347 g/mol. The predicted molar refractivity (Wildman–Crippen MR) is 85.4 cm³/mol. The molecule has 0 aliphatic carbocycles. The van der Waals surface area contributed by atoms with Crippen LogP contribution in [-0.4, -0.2) is 5.91 Å². The van der Waals surface area contributed by atoms with Crippen LogP contribution in [0.3, 0.4) is 0 Å². The number of thiophene rings is 1. The van der Waals surface area contributed by atoms with E-state index in [4.69, 9.17) is 5.26 Å². The maximum Gasteiger partial charge on any atom is 0.266 e. The SMILES string of the molecule is Cc1ccc(/C=C(\C#N)C(=O)Nc2ccccc2Br)s1. The van der Waals surface area contributed by atoms with Gasteiger partial charge in [-0.3, -0.25) is 4.79 Å². The van der Waals surface area contributed by atoms with Crippen molar-refractivity contribution in [2.45, 2.75) is 6.92 Å². The number of carbonyl (C=O) groups excluding carboxylic acids is 1. The molecular weight excluding hydrogens is 336 g/mol. The molecule has 0 bridgehead atoms. The summed E-state index contributed by atoms with van der Waals surface area (Å²) < 4.78 is 0.776. The van der Waals surface area contributed by atoms with Crippen LogP contribution < -0.4 is 5.32 Å². The van der Waals surface area contributed by atoms with Crippen LogP contribution in [0.2, 0.25) is 0 Å². The molecule has 0 atom stereocenters. The zero-order chi connectivity index (χ0) is 14.5. The van der Waals surface area contributed by atoms with Gasteiger partial charge < -0.3 is 5.32 Å². The lowest BCUT2D eigenvalue weighted by Gasteiger charge is -2.05. The van der Waals surface area contributed by atoms with Gasteiger partial charge in [0, 0.05) is 14.2 Å². The summed E-state index contributed by atoms with van der Waals surface area (Å²) in [7, 11) is 0. The van der Waals surface area contributed by atoms with Gasteiger partial charge in [-0.1, -0.05) is 12.1 Å². The lowest BCUT2D eigenvalue weighted by atomic mass is 10.2. The second-order valence-corrected chi connectivity index (χ2v) is 6.23. The number of hydrogen-bond donors (Lipinski definition) is 1. The van der Waals surface area contributed by atoms with Gasteiger partial charge in [-0.15, -0.1) is 11.3 Å². The first-order valence-corrected chi connectivity index (χ1v) is 7.45. The molecule has 0 unspecified atom stereocenters. The van der Waals surface area contributed by atoms with E-state index in [2.05, 4.69) is 21.2 Å². The normalized spacial score (nSPS) is 10.9. The molecule has 1 heterocycles. The van der Waals surface area contributed by atoms with Crippen molar-refractivity contribution in [2.75, 3.05) is 5.32 Å². The molecule has 0 saturated carbocycles. The lowest BCUT2D eigenvalue weighted by molar-refractivity contribution is -0.112. The fourth-order valence-electron chi connectivity index (χ4n) is 1.57. The van der Waals surface area contributed by atoms with Crippen LogP contribution in [0.1, 0.15) is 9.75 Å². The van der Waals surface area contributed by atoms with Gasteiger partial charge in [0.05, 0.1) is 5.69 Å². The van der Waals surface area contributed by atoms with Crippen molar-refractivity contribution in [2.24, 2.45) is 0 Å². The quantitative estimate of drug-likeness (QED) is 0.662. The van der Waals surface area contributed by atoms with E-state index in [-0.39, 0.29) is 5.57 Å². The second-order valence-electron chi connectivity index (χ2n) is 4.05. The van der Waals surface area contributed by atoms with Crippen LogP contribution in [0.25, 0.3) is 6.08 Å². The summed E-state index contributed by atoms with van der Waals surface area (Å²) in [6, 6.07) is 13.1. The highest BCUT2D eigenvalue weighted by atomic mass is 79.9. The van der Waals surface area contributed by atoms with Crippen LogP contribution in [-0.2, 0) is 4.79 Å². The molecule has 1 amide bonds. The number of hydrogen-bond acceptors (Lipinski definition) is 3. The van der Waals surface area contributed by atoms with Gasteiger partial charge in [-0.05, 0) is 53.2 Å². The molecule has 3 nitrogen and oxygen atoms in total. The summed E-state index contributed by atoms with van der Waals surface area (Å²) in [5.74, 6) is -0.412. The van der Waals surface area contributed by atoms with Gasteiger partial charge in [0.1, 0.15) is 11.6 Å². The number of para-hydroxylation sites is 1. The van der Waals surface area contributed by atoms with Crippen LogP contribution in [0, 0.1) is 18.3 Å². The highest BCUT2D eigenvalue weighted by Gasteiger charge is 2.11. The van der Waals surface area contributed by atoms with Gasteiger partial charge in [0.15, 0.2) is 0 Å². The third kappa shape index (κ3) is 3.56. The smallest absolute Gasteiger partial charge is 0.266 e. The topological polar surface area (TPSA) is 52.9 Å². The van der Waals surface area contributed by atoms with E-state index in [1.54, 1.807) is 23.5 Å². The lowest BCUT2D eigenvalue weighted by Crippen LogP contribution is -2.13. The van der Waals surface area contributed by atoms with Gasteiger partial charge in [-0.2, -0.15) is 5.26 Å². The number of halogens is 1. The van der Waals surface area contributed by atoms with E-state index in [0.29, 0.717) is 5.69 Å². The van der Waals surface area contributed by atoms with Gasteiger partial charge in [0.2, 0.25) is 0 Å². The fraction of sp³-hybridized carbons (Fsp3) is 0.0667. The van der Waals surface area contributed by atoms with Gasteiger partial charge >= 0.3 is 0 Å². The Bertz CT molecular complexity index is 713. The molecule has 0 saturated heterocycles. The Balaban J connectivity index is 2.21. The summed E-state index contributed by atoms with van der Waals surface area (Å²) in [5.41, 5.74) is 0.726. The summed E-state index contributed by atoms with van der Waals surface area (Å²) in [6.07, 6.45) is 1.60. The minimum absolute atomic E-state index is 0.0857. The van der Waals surface area contributed by atoms with Gasteiger partial charge in [0.25, 0.3) is 5.91 Å². The van der Waals surface area contributed by atoms with E-state index in [1.165, 1.54) is 0 Å². The molecule has 1 aromatic heterocycles. The first-order chi connectivity index (χ1) is 9.60. The molecule has 0 spiro atoms. The molecule has 1 N–H and O–H groups in total. The van der Waals surface area contributed by atoms with E-state index < -0.39 is 5.91 Å². The summed E-state index contributed by atoms with van der Waals surface area (Å²) >= 11 is 4.89. The number of nitrogens with one attached hydrogen (secondary N) is 1.